The maximum absolute atomic E-state index is 10.9. The second-order valence-corrected chi connectivity index (χ2v) is 10.9. The summed E-state index contributed by atoms with van der Waals surface area (Å²) in [5.74, 6) is 2.10. The third-order valence-corrected chi connectivity index (χ3v) is 8.15. The zero-order chi connectivity index (χ0) is 21.2. The van der Waals surface area contributed by atoms with Gasteiger partial charge in [0, 0.05) is 6.42 Å². The zero-order valence-electron chi connectivity index (χ0n) is 18.2. The lowest BCUT2D eigenvalue weighted by Gasteiger charge is -2.42. The van der Waals surface area contributed by atoms with Crippen molar-refractivity contribution >= 4 is 11.8 Å². The van der Waals surface area contributed by atoms with E-state index in [1.54, 1.807) is 11.8 Å². The molecule has 0 spiro atoms. The lowest BCUT2D eigenvalue weighted by Crippen LogP contribution is -2.33. The second kappa shape index (κ2) is 9.55. The molecule has 3 N–H and O–H groups in total. The highest BCUT2D eigenvalue weighted by Crippen LogP contribution is 2.56. The summed E-state index contributed by atoms with van der Waals surface area (Å²) in [6, 6.07) is 0. The molecule has 0 aliphatic heterocycles. The van der Waals surface area contributed by atoms with Crippen LogP contribution in [0.3, 0.4) is 0 Å². The summed E-state index contributed by atoms with van der Waals surface area (Å²) >= 11 is 1.68. The van der Waals surface area contributed by atoms with Gasteiger partial charge in [0.25, 0.3) is 0 Å². The Hall–Kier alpha value is -0.810. The van der Waals surface area contributed by atoms with Crippen molar-refractivity contribution in [3.63, 3.8) is 0 Å². The van der Waals surface area contributed by atoms with E-state index in [1.165, 1.54) is 11.1 Å². The van der Waals surface area contributed by atoms with E-state index in [0.717, 1.165) is 49.0 Å². The fourth-order valence-electron chi connectivity index (χ4n) is 5.20. The molecule has 2 saturated carbocycles. The Bertz CT molecular complexity index is 705. The number of hydrogen-bond donors (Lipinski definition) is 3. The maximum Gasteiger partial charge on any atom is 0.121 e. The van der Waals surface area contributed by atoms with Gasteiger partial charge < -0.3 is 15.3 Å². The molecule has 3 nitrogen and oxygen atoms in total. The average molecular weight is 419 g/mol. The quantitative estimate of drug-likeness (QED) is 0.413. The van der Waals surface area contributed by atoms with Gasteiger partial charge in [0.05, 0.1) is 12.2 Å². The van der Waals surface area contributed by atoms with Crippen molar-refractivity contribution in [1.29, 1.82) is 0 Å². The van der Waals surface area contributed by atoms with Crippen molar-refractivity contribution in [3.8, 4) is 0 Å². The smallest absolute Gasteiger partial charge is 0.121 e. The van der Waals surface area contributed by atoms with Crippen molar-refractivity contribution in [3.05, 3.63) is 47.1 Å². The van der Waals surface area contributed by atoms with E-state index in [0.29, 0.717) is 24.7 Å². The summed E-state index contributed by atoms with van der Waals surface area (Å²) in [5, 5.41) is 31.0. The Morgan fingerprint density at radius 1 is 1.31 bits per heavy atom. The number of fused-ring (bicyclic) bond motifs is 1. The normalized spacial score (nSPS) is 36.6. The summed E-state index contributed by atoms with van der Waals surface area (Å²) in [7, 11) is 0. The Kier molecular flexibility index (Phi) is 7.53. The zero-order valence-corrected chi connectivity index (χ0v) is 19.0. The summed E-state index contributed by atoms with van der Waals surface area (Å²) in [6.07, 6.45) is 11.9. The first kappa shape index (κ1) is 22.9. The van der Waals surface area contributed by atoms with Gasteiger partial charge in [0.15, 0.2) is 0 Å². The number of allylic oxidation sites excluding steroid dienone is 4. The van der Waals surface area contributed by atoms with Gasteiger partial charge in [-0.05, 0) is 78.2 Å². The van der Waals surface area contributed by atoms with Crippen LogP contribution in [0, 0.1) is 17.3 Å². The highest BCUT2D eigenvalue weighted by atomic mass is 32.2. The van der Waals surface area contributed by atoms with Gasteiger partial charge in [-0.15, -0.1) is 11.8 Å². The predicted octanol–water partition coefficient (Wildman–Crippen LogP) is 5.15. The molecule has 0 bridgehead atoms. The molecule has 4 heteroatoms. The molecule has 0 aromatic rings. The van der Waals surface area contributed by atoms with Crippen molar-refractivity contribution in [1.82, 2.24) is 0 Å². The van der Waals surface area contributed by atoms with Crippen molar-refractivity contribution in [2.75, 3.05) is 5.75 Å². The molecule has 1 unspecified atom stereocenters. The van der Waals surface area contributed by atoms with E-state index >= 15 is 0 Å². The highest BCUT2D eigenvalue weighted by Gasteiger charge is 2.46. The largest absolute Gasteiger partial charge is 0.393 e. The average Bonchev–Trinajstić information content (AvgIpc) is 3.00. The summed E-state index contributed by atoms with van der Waals surface area (Å²) in [4.78, 5) is 0. The molecule has 3 rings (SSSR count). The number of thioether (sulfide) groups is 1. The van der Waals surface area contributed by atoms with Gasteiger partial charge in [-0.1, -0.05) is 51.2 Å². The molecule has 0 saturated heterocycles. The van der Waals surface area contributed by atoms with Crippen LogP contribution in [0.25, 0.3) is 0 Å². The Labute approximate surface area is 180 Å². The highest BCUT2D eigenvalue weighted by molar-refractivity contribution is 7.99. The molecule has 29 heavy (non-hydrogen) atoms. The summed E-state index contributed by atoms with van der Waals surface area (Å²) < 4.78 is 0. The summed E-state index contributed by atoms with van der Waals surface area (Å²) in [5.41, 5.74) is 4.00. The molecule has 3 aliphatic rings. The topological polar surface area (TPSA) is 60.7 Å². The molecule has 162 valence electrons. The van der Waals surface area contributed by atoms with Gasteiger partial charge in [-0.3, -0.25) is 0 Å². The van der Waals surface area contributed by atoms with E-state index < -0.39 is 17.6 Å². The first-order valence-electron chi connectivity index (χ1n) is 11.2. The van der Waals surface area contributed by atoms with Crippen LogP contribution in [-0.4, -0.2) is 38.7 Å². The van der Waals surface area contributed by atoms with Gasteiger partial charge >= 0.3 is 0 Å². The van der Waals surface area contributed by atoms with Crippen LogP contribution >= 0.6 is 11.8 Å². The third-order valence-electron chi connectivity index (χ3n) is 7.11. The van der Waals surface area contributed by atoms with Gasteiger partial charge in [-0.2, -0.15) is 0 Å². The van der Waals surface area contributed by atoms with E-state index in [2.05, 4.69) is 45.6 Å². The van der Waals surface area contributed by atoms with Crippen LogP contribution in [0.2, 0.25) is 0 Å². The molecule has 0 amide bonds. The molecule has 5 atom stereocenters. The van der Waals surface area contributed by atoms with Crippen LogP contribution in [0.1, 0.15) is 65.7 Å². The third kappa shape index (κ3) is 5.10. The standard InChI is InChI=1S/C25H38O3S/c1-16(2)11-13-29-24(28)22-10-9-21-18(6-5-12-25(21,22)4)7-8-19-14-20(26)15-23(27)17(19)3/h7-8,10,16,20-21,23-24,26-28H,3,5-6,9,11-15H2,1-2,4H3/b18-7+,19-8-/t20-,21+,23+,24?,25+/m1/s1. The molecular formula is C25H38O3S. The van der Waals surface area contributed by atoms with Gasteiger partial charge in [0.2, 0.25) is 0 Å². The molecule has 0 aromatic carbocycles. The predicted molar refractivity (Wildman–Crippen MR) is 123 cm³/mol. The molecule has 0 aromatic heterocycles. The van der Waals surface area contributed by atoms with E-state index in [4.69, 9.17) is 0 Å². The number of rotatable bonds is 6. The Morgan fingerprint density at radius 2 is 2.07 bits per heavy atom. The summed E-state index contributed by atoms with van der Waals surface area (Å²) in [6.45, 7) is 10.8. The number of aliphatic hydroxyl groups is 3. The van der Waals surface area contributed by atoms with Crippen LogP contribution in [0.4, 0.5) is 0 Å². The fourth-order valence-corrected chi connectivity index (χ4v) is 6.58. The van der Waals surface area contributed by atoms with Crippen molar-refractivity contribution < 1.29 is 15.3 Å². The molecule has 2 fully saturated rings. The SMILES string of the molecule is C=C1/C(=C\C=C2/CCC[C@]3(C)C(C(O)SCCC(C)C)=CC[C@@H]23)C[C@@H](O)C[C@@H]1O. The number of aliphatic hydroxyl groups excluding tert-OH is 3. The van der Waals surface area contributed by atoms with E-state index in [1.807, 2.05) is 0 Å². The van der Waals surface area contributed by atoms with Gasteiger partial charge in [0.1, 0.15) is 5.44 Å². The van der Waals surface area contributed by atoms with E-state index in [-0.39, 0.29) is 5.41 Å². The Morgan fingerprint density at radius 3 is 2.79 bits per heavy atom. The van der Waals surface area contributed by atoms with Crippen LogP contribution in [-0.2, 0) is 0 Å². The lowest BCUT2D eigenvalue weighted by molar-refractivity contribution is 0.0862. The van der Waals surface area contributed by atoms with Crippen molar-refractivity contribution in [2.24, 2.45) is 17.3 Å². The Balaban J connectivity index is 1.72. The molecule has 3 aliphatic carbocycles. The van der Waals surface area contributed by atoms with Crippen LogP contribution in [0.5, 0.6) is 0 Å². The minimum absolute atomic E-state index is 0.0371. The maximum atomic E-state index is 10.9. The van der Waals surface area contributed by atoms with Gasteiger partial charge in [-0.25, -0.2) is 0 Å². The first-order valence-corrected chi connectivity index (χ1v) is 12.2. The van der Waals surface area contributed by atoms with E-state index in [9.17, 15) is 15.3 Å². The minimum Gasteiger partial charge on any atom is -0.393 e. The molecule has 0 heterocycles. The molecule has 0 radical (unpaired) electrons. The molecular weight excluding hydrogens is 380 g/mol. The lowest BCUT2D eigenvalue weighted by atomic mass is 9.64. The fraction of sp³-hybridized carbons (Fsp3) is 0.680. The first-order chi connectivity index (χ1) is 13.7. The van der Waals surface area contributed by atoms with Crippen molar-refractivity contribution in [2.45, 2.75) is 83.4 Å². The number of hydrogen-bond acceptors (Lipinski definition) is 4. The second-order valence-electron chi connectivity index (χ2n) is 9.69. The minimum atomic E-state index is -0.641. The monoisotopic (exact) mass is 418 g/mol. The van der Waals surface area contributed by atoms with Crippen LogP contribution in [0.15, 0.2) is 47.1 Å². The van der Waals surface area contributed by atoms with Crippen LogP contribution < -0.4 is 0 Å².